The van der Waals surface area contributed by atoms with Crippen molar-refractivity contribution in [1.82, 2.24) is 0 Å². The summed E-state index contributed by atoms with van der Waals surface area (Å²) in [6, 6.07) is 4.93. The summed E-state index contributed by atoms with van der Waals surface area (Å²) in [5.74, 6) is 0.745. The molecule has 0 fully saturated rings. The van der Waals surface area contributed by atoms with Gasteiger partial charge in [0.1, 0.15) is 0 Å². The average Bonchev–Trinajstić information content (AvgIpc) is 3.26. The molecule has 0 N–H and O–H groups in total. The fraction of sp³-hybridized carbons (Fsp3) is 0.538. The normalized spacial score (nSPS) is 20.9. The van der Waals surface area contributed by atoms with E-state index in [4.69, 9.17) is 0 Å². The molecule has 142 valence electrons. The predicted octanol–water partition coefficient (Wildman–Crippen LogP) is 7.44. The van der Waals surface area contributed by atoms with Gasteiger partial charge in [-0.2, -0.15) is 0 Å². The molecule has 4 rings (SSSR count). The van der Waals surface area contributed by atoms with E-state index in [-0.39, 0.29) is 0 Å². The zero-order valence-electron chi connectivity index (χ0n) is 18.3. The van der Waals surface area contributed by atoms with Gasteiger partial charge in [-0.05, 0) is 0 Å². The van der Waals surface area contributed by atoms with Crippen molar-refractivity contribution in [2.75, 3.05) is 0 Å². The third kappa shape index (κ3) is 3.04. The summed E-state index contributed by atoms with van der Waals surface area (Å²) in [5, 5.41) is 0. The Hall–Kier alpha value is -0.690. The molecule has 1 aromatic carbocycles. The van der Waals surface area contributed by atoms with Crippen LogP contribution in [0.5, 0.6) is 0 Å². The fourth-order valence-electron chi connectivity index (χ4n) is 5.52. The van der Waals surface area contributed by atoms with Gasteiger partial charge >= 0.3 is 178 Å². The number of benzene rings is 1. The first kappa shape index (κ1) is 19.6. The monoisotopic (exact) mass is 526 g/mol. The van der Waals surface area contributed by atoms with Gasteiger partial charge in [-0.3, -0.25) is 0 Å². The second kappa shape index (κ2) is 6.97. The van der Waals surface area contributed by atoms with Crippen molar-refractivity contribution in [3.63, 3.8) is 0 Å². The molecule has 3 aliphatic rings. The Kier molecular flexibility index (Phi) is 5.07. The predicted molar refractivity (Wildman–Crippen MR) is 114 cm³/mol. The van der Waals surface area contributed by atoms with Gasteiger partial charge in [0, 0.05) is 0 Å². The van der Waals surface area contributed by atoms with Crippen LogP contribution in [0.25, 0.3) is 5.57 Å². The van der Waals surface area contributed by atoms with Crippen LogP contribution in [0.15, 0.2) is 37.8 Å². The Labute approximate surface area is 177 Å². The Morgan fingerprint density at radius 3 is 2.22 bits per heavy atom. The van der Waals surface area contributed by atoms with Crippen LogP contribution in [-0.2, 0) is 42.2 Å². The molecule has 0 saturated carbocycles. The van der Waals surface area contributed by atoms with Gasteiger partial charge in [-0.1, -0.05) is 0 Å². The molecular weight excluding hydrogens is 491 g/mol. The molecule has 3 aliphatic carbocycles. The van der Waals surface area contributed by atoms with E-state index in [0.29, 0.717) is 3.17 Å². The van der Waals surface area contributed by atoms with Crippen molar-refractivity contribution in [3.8, 4) is 0 Å². The molecule has 27 heavy (non-hydrogen) atoms. The van der Waals surface area contributed by atoms with Crippen molar-refractivity contribution in [3.05, 3.63) is 60.0 Å². The molecule has 0 saturated heterocycles. The molecule has 0 atom stereocenters. The minimum atomic E-state index is -1.04. The molecule has 0 heterocycles. The van der Waals surface area contributed by atoms with Gasteiger partial charge in [0.15, 0.2) is 0 Å². The van der Waals surface area contributed by atoms with Crippen LogP contribution in [0.2, 0.25) is 3.17 Å². The summed E-state index contributed by atoms with van der Waals surface area (Å²) in [5.41, 5.74) is 15.1. The van der Waals surface area contributed by atoms with Crippen LogP contribution < -0.4 is 0 Å². The first-order chi connectivity index (χ1) is 12.7. The molecule has 0 radical (unpaired) electrons. The zero-order valence-corrected chi connectivity index (χ0v) is 21.9. The molecule has 0 aromatic heterocycles. The van der Waals surface area contributed by atoms with Crippen molar-refractivity contribution >= 4 is 5.57 Å². The van der Waals surface area contributed by atoms with E-state index < -0.39 is 22.9 Å². The van der Waals surface area contributed by atoms with Crippen LogP contribution in [0, 0.1) is 5.92 Å². The van der Waals surface area contributed by atoms with Gasteiger partial charge in [-0.15, -0.1) is 0 Å². The van der Waals surface area contributed by atoms with E-state index >= 15 is 0 Å². The number of aryl methyl sites for hydroxylation is 1. The third-order valence-corrected chi connectivity index (χ3v) is 14.9. The zero-order chi connectivity index (χ0) is 19.5. The maximum atomic E-state index is 2.58. The number of allylic oxidation sites excluding steroid dienone is 6. The third-order valence-electron chi connectivity index (χ3n) is 7.60. The molecule has 1 aromatic rings. The van der Waals surface area contributed by atoms with Crippen molar-refractivity contribution in [2.24, 2.45) is 5.92 Å². The number of hydrogen-bond donors (Lipinski definition) is 0. The standard InChI is InChI=1S/C16H19.C10H15.Hf/c1-11(2)10-14-9-8-13-7-6-12-4-3-5-15(12)16(13)14;1-6-7(2)9(4)10(5)8(6)3;/h6-7,11H,3-5,8,10H2,1-2H3;1-5H3;. The van der Waals surface area contributed by atoms with Crippen LogP contribution in [0.3, 0.4) is 0 Å². The topological polar surface area (TPSA) is 0 Å². The van der Waals surface area contributed by atoms with E-state index in [2.05, 4.69) is 60.6 Å². The molecule has 0 amide bonds. The van der Waals surface area contributed by atoms with E-state index in [1.54, 1.807) is 50.1 Å². The van der Waals surface area contributed by atoms with Crippen molar-refractivity contribution in [1.29, 1.82) is 0 Å². The first-order valence-corrected chi connectivity index (χ1v) is 14.3. The number of rotatable bonds is 4. The Bertz CT molecular complexity index is 880. The Morgan fingerprint density at radius 1 is 0.963 bits per heavy atom. The molecule has 1 heteroatoms. The van der Waals surface area contributed by atoms with Gasteiger partial charge in [0.05, 0.1) is 0 Å². The summed E-state index contributed by atoms with van der Waals surface area (Å²) in [7, 11) is 0. The van der Waals surface area contributed by atoms with E-state index in [1.165, 1.54) is 32.1 Å². The summed E-state index contributed by atoms with van der Waals surface area (Å²) in [6.45, 7) is 16.9. The molecule has 0 aliphatic heterocycles. The summed E-state index contributed by atoms with van der Waals surface area (Å²) < 4.78 is 2.32. The molecule has 0 unspecified atom stereocenters. The summed E-state index contributed by atoms with van der Waals surface area (Å²) >= 11 is -1.04. The molecule has 0 spiro atoms. The minimum absolute atomic E-state index is 0.400. The summed E-state index contributed by atoms with van der Waals surface area (Å²) in [4.78, 5) is 0. The molecule has 0 nitrogen and oxygen atoms in total. The van der Waals surface area contributed by atoms with E-state index in [9.17, 15) is 0 Å². The van der Waals surface area contributed by atoms with Gasteiger partial charge in [0.2, 0.25) is 0 Å². The summed E-state index contributed by atoms with van der Waals surface area (Å²) in [6.07, 6.45) is 6.52. The molecular formula is C26H34Hf. The SMILES string of the molecule is CC1=C(C)[C](C)([Hf][C]2=C(CC(C)C)c3c(ccc4c3CCC4)C2)C(C)=C1C. The quantitative estimate of drug-likeness (QED) is 0.359. The first-order valence-electron chi connectivity index (χ1n) is 10.7. The molecule has 0 bridgehead atoms. The van der Waals surface area contributed by atoms with Crippen LogP contribution in [-0.4, -0.2) is 0 Å². The van der Waals surface area contributed by atoms with Crippen LogP contribution in [0.4, 0.5) is 0 Å². The van der Waals surface area contributed by atoms with Crippen LogP contribution in [0.1, 0.15) is 83.6 Å². The van der Waals surface area contributed by atoms with Gasteiger partial charge in [0.25, 0.3) is 0 Å². The van der Waals surface area contributed by atoms with E-state index in [1.807, 2.05) is 3.33 Å². The average molecular weight is 525 g/mol. The number of fused-ring (bicyclic) bond motifs is 3. The van der Waals surface area contributed by atoms with Crippen LogP contribution >= 0.6 is 0 Å². The maximum absolute atomic E-state index is 2.58. The Morgan fingerprint density at radius 2 is 1.59 bits per heavy atom. The number of hydrogen-bond acceptors (Lipinski definition) is 0. The Balaban J connectivity index is 1.81. The van der Waals surface area contributed by atoms with Gasteiger partial charge < -0.3 is 0 Å². The second-order valence-electron chi connectivity index (χ2n) is 9.57. The second-order valence-corrected chi connectivity index (χ2v) is 16.2. The van der Waals surface area contributed by atoms with Gasteiger partial charge in [-0.25, -0.2) is 0 Å². The fourth-order valence-corrected chi connectivity index (χ4v) is 12.7. The van der Waals surface area contributed by atoms with Crippen molar-refractivity contribution < 1.29 is 22.9 Å². The van der Waals surface area contributed by atoms with Crippen molar-refractivity contribution in [2.45, 2.75) is 83.7 Å². The van der Waals surface area contributed by atoms with E-state index in [0.717, 1.165) is 5.92 Å².